The largest absolute Gasteiger partial charge is 0.598 e. The van der Waals surface area contributed by atoms with Crippen molar-refractivity contribution in [3.05, 3.63) is 77.1 Å². The number of fused-ring (bicyclic) bond motifs is 9. The molecule has 1 aliphatic carbocycles. The number of aromatic nitrogens is 3. The molecule has 0 spiro atoms. The molecule has 1 amide bonds. The Balaban J connectivity index is 1.23. The van der Waals surface area contributed by atoms with E-state index in [1.54, 1.807) is 12.3 Å². The van der Waals surface area contributed by atoms with E-state index in [0.29, 0.717) is 59.4 Å². The fourth-order valence-corrected chi connectivity index (χ4v) is 9.88. The smallest absolute Gasteiger partial charge is 0.387 e. The van der Waals surface area contributed by atoms with Crippen LogP contribution in [0.5, 0.6) is 5.75 Å². The van der Waals surface area contributed by atoms with Gasteiger partial charge in [0.25, 0.3) is 5.91 Å². The molecule has 53 heavy (non-hydrogen) atoms. The number of hydrogen-bond donors (Lipinski definition) is 2. The SMILES string of the molecule is CC(C)(C)[S@+]([O-])N[C@]1(c2ncc(-c3ccc4nc5n(c4c3)[C@@H]3C[C@H]5NC(=O)c4cccc(OC(F)F)c43)cc2F)C[C@](C)(CO[Si](C)(C)C(C)(C)C)C1. The van der Waals surface area contributed by atoms with Gasteiger partial charge in [-0.2, -0.15) is 8.78 Å². The van der Waals surface area contributed by atoms with Gasteiger partial charge in [0, 0.05) is 40.9 Å². The first-order valence-electron chi connectivity index (χ1n) is 18.0. The first kappa shape index (κ1) is 37.9. The predicted molar refractivity (Wildman–Crippen MR) is 202 cm³/mol. The van der Waals surface area contributed by atoms with Crippen molar-refractivity contribution in [1.82, 2.24) is 24.6 Å². The molecule has 2 aromatic heterocycles. The Bertz CT molecular complexity index is 2090. The van der Waals surface area contributed by atoms with Crippen LogP contribution >= 0.6 is 0 Å². The Morgan fingerprint density at radius 3 is 2.47 bits per heavy atom. The van der Waals surface area contributed by atoms with Gasteiger partial charge in [-0.1, -0.05) is 39.8 Å². The van der Waals surface area contributed by atoms with Crippen LogP contribution in [-0.4, -0.2) is 51.3 Å². The molecule has 284 valence electrons. The molecule has 0 radical (unpaired) electrons. The summed E-state index contributed by atoms with van der Waals surface area (Å²) in [6.07, 6.45) is 3.07. The number of nitrogens with one attached hydrogen (secondary N) is 2. The maximum Gasteiger partial charge on any atom is 0.387 e. The van der Waals surface area contributed by atoms with Crippen molar-refractivity contribution in [2.24, 2.45) is 5.41 Å². The van der Waals surface area contributed by atoms with Gasteiger partial charge < -0.3 is 23.6 Å². The maximum absolute atomic E-state index is 16.5. The van der Waals surface area contributed by atoms with Crippen LogP contribution < -0.4 is 14.8 Å². The summed E-state index contributed by atoms with van der Waals surface area (Å²) >= 11 is -1.49. The molecule has 0 unspecified atom stereocenters. The molecule has 4 aromatic rings. The van der Waals surface area contributed by atoms with Gasteiger partial charge in [0.05, 0.1) is 23.1 Å². The van der Waals surface area contributed by atoms with Gasteiger partial charge >= 0.3 is 6.61 Å². The lowest BCUT2D eigenvalue weighted by molar-refractivity contribution is -0.0507. The third kappa shape index (κ3) is 6.68. The number of ether oxygens (including phenoxy) is 1. The van der Waals surface area contributed by atoms with E-state index in [-0.39, 0.29) is 33.4 Å². The number of imidazole rings is 1. The van der Waals surface area contributed by atoms with Gasteiger partial charge in [-0.15, -0.1) is 4.72 Å². The van der Waals surface area contributed by atoms with Gasteiger partial charge in [0.1, 0.15) is 33.4 Å². The van der Waals surface area contributed by atoms with Gasteiger partial charge in [-0.3, -0.25) is 9.78 Å². The summed E-state index contributed by atoms with van der Waals surface area (Å²) in [5.41, 5.74) is 2.23. The van der Waals surface area contributed by atoms with Crippen molar-refractivity contribution in [1.29, 1.82) is 0 Å². The molecule has 9 nitrogen and oxygen atoms in total. The summed E-state index contributed by atoms with van der Waals surface area (Å²) in [4.78, 5) is 22.7. The van der Waals surface area contributed by atoms with E-state index in [1.807, 2.05) is 43.5 Å². The van der Waals surface area contributed by atoms with E-state index < -0.39 is 54.5 Å². The molecule has 7 rings (SSSR count). The molecule has 2 bridgehead atoms. The second-order valence-electron chi connectivity index (χ2n) is 17.7. The van der Waals surface area contributed by atoms with Gasteiger partial charge in [-0.25, -0.2) is 9.37 Å². The minimum Gasteiger partial charge on any atom is -0.598 e. The molecule has 2 aromatic carbocycles. The number of hydrogen-bond acceptors (Lipinski definition) is 7. The van der Waals surface area contributed by atoms with Gasteiger partial charge in [0.15, 0.2) is 8.32 Å². The number of amides is 1. The van der Waals surface area contributed by atoms with Crippen molar-refractivity contribution in [3.8, 4) is 16.9 Å². The number of carbonyl (C=O) groups is 1. The average molecular weight is 768 g/mol. The highest BCUT2D eigenvalue weighted by Gasteiger charge is 2.59. The number of pyridine rings is 1. The molecule has 1 saturated carbocycles. The zero-order valence-corrected chi connectivity index (χ0v) is 33.5. The zero-order chi connectivity index (χ0) is 38.5. The number of alkyl halides is 2. The van der Waals surface area contributed by atoms with Crippen LogP contribution in [0.25, 0.3) is 22.2 Å². The second-order valence-corrected chi connectivity index (χ2v) is 24.5. The molecular weight excluding hydrogens is 720 g/mol. The highest BCUT2D eigenvalue weighted by molar-refractivity contribution is 7.90. The second kappa shape index (κ2) is 12.8. The molecule has 1 fully saturated rings. The van der Waals surface area contributed by atoms with Crippen LogP contribution in [0.2, 0.25) is 18.1 Å². The Labute approximate surface area is 312 Å². The van der Waals surface area contributed by atoms with Crippen LogP contribution in [0.1, 0.15) is 107 Å². The first-order chi connectivity index (χ1) is 24.6. The lowest BCUT2D eigenvalue weighted by atomic mass is 9.57. The molecular formula is C39H48F3N5O4SSi. The topological polar surface area (TPSA) is 113 Å². The van der Waals surface area contributed by atoms with Crippen LogP contribution in [-0.2, 0) is 21.3 Å². The van der Waals surface area contributed by atoms with Crippen LogP contribution in [0, 0.1) is 11.2 Å². The third-order valence-corrected chi connectivity index (χ3v) is 17.6. The average Bonchev–Trinajstić information content (AvgIpc) is 3.53. The molecule has 4 heterocycles. The molecule has 0 saturated heterocycles. The zero-order valence-electron chi connectivity index (χ0n) is 31.7. The number of carbonyl (C=O) groups excluding carboxylic acids is 1. The molecule has 3 aliphatic rings. The Morgan fingerprint density at radius 1 is 1.11 bits per heavy atom. The number of benzene rings is 2. The minimum atomic E-state index is -3.06. The van der Waals surface area contributed by atoms with Crippen molar-refractivity contribution in [3.63, 3.8) is 0 Å². The van der Waals surface area contributed by atoms with Crippen LogP contribution in [0.4, 0.5) is 13.2 Å². The monoisotopic (exact) mass is 767 g/mol. The van der Waals surface area contributed by atoms with Crippen LogP contribution in [0.3, 0.4) is 0 Å². The Hall–Kier alpha value is -3.43. The Kier molecular flexibility index (Phi) is 9.16. The molecule has 3 atom stereocenters. The van der Waals surface area contributed by atoms with Gasteiger partial charge in [-0.05, 0) is 99.5 Å². The first-order valence-corrected chi connectivity index (χ1v) is 22.1. The minimum absolute atomic E-state index is 0.0456. The van der Waals surface area contributed by atoms with Crippen molar-refractivity contribution in [2.75, 3.05) is 6.61 Å². The quantitative estimate of drug-likeness (QED) is 0.130. The lowest BCUT2D eigenvalue weighted by Gasteiger charge is -2.55. The normalized spacial score (nSPS) is 24.8. The Morgan fingerprint density at radius 2 is 1.83 bits per heavy atom. The van der Waals surface area contributed by atoms with Crippen molar-refractivity contribution < 1.29 is 31.7 Å². The molecule has 2 N–H and O–H groups in total. The van der Waals surface area contributed by atoms with Gasteiger partial charge in [0.2, 0.25) is 0 Å². The van der Waals surface area contributed by atoms with E-state index in [1.165, 1.54) is 18.2 Å². The fourth-order valence-electron chi connectivity index (χ4n) is 7.83. The van der Waals surface area contributed by atoms with E-state index >= 15 is 4.39 Å². The number of rotatable bonds is 9. The van der Waals surface area contributed by atoms with E-state index in [4.69, 9.17) is 19.1 Å². The summed E-state index contributed by atoms with van der Waals surface area (Å²) in [6.45, 7) is 16.3. The molecule has 14 heteroatoms. The summed E-state index contributed by atoms with van der Waals surface area (Å²) < 4.78 is 73.1. The van der Waals surface area contributed by atoms with E-state index in [9.17, 15) is 18.1 Å². The summed E-state index contributed by atoms with van der Waals surface area (Å²) in [7, 11) is -2.03. The van der Waals surface area contributed by atoms with E-state index in [2.05, 4.69) is 50.8 Å². The summed E-state index contributed by atoms with van der Waals surface area (Å²) in [6, 6.07) is 10.7. The highest BCUT2D eigenvalue weighted by Crippen LogP contribution is 2.56. The number of halogens is 3. The van der Waals surface area contributed by atoms with Crippen molar-refractivity contribution >= 4 is 36.6 Å². The van der Waals surface area contributed by atoms with Crippen molar-refractivity contribution in [2.45, 2.75) is 115 Å². The van der Waals surface area contributed by atoms with E-state index in [0.717, 1.165) is 0 Å². The standard InChI is InChI=1S/C39H48F3N5O4SSi/c1-36(2,3)52(49)46-39(19-38(7,20-39)21-50-53(8,9)37(4,5)6)32-25(40)15-23(18-43-32)22-13-14-26-28(16-22)47-29-17-27(33(47)44-26)45-34(48)24-11-10-12-30(31(24)29)51-35(41)42/h10-16,18,27,29,35,46H,17,19-21H2,1-9H3,(H,45,48)/t27-,29-,38-,39+,52+/m1/s1. The molecule has 2 aliphatic heterocycles. The maximum atomic E-state index is 16.5. The number of nitrogens with zero attached hydrogens (tertiary/aromatic N) is 3. The highest BCUT2D eigenvalue weighted by atomic mass is 32.2. The summed E-state index contributed by atoms with van der Waals surface area (Å²) in [5.74, 6) is -0.330. The third-order valence-electron chi connectivity index (χ3n) is 11.5. The fraction of sp³-hybridized carbons (Fsp3) is 0.513. The lowest BCUT2D eigenvalue weighted by Crippen LogP contribution is -2.63. The predicted octanol–water partition coefficient (Wildman–Crippen LogP) is 8.69. The summed E-state index contributed by atoms with van der Waals surface area (Å²) in [5, 5.41) is 3.05. The van der Waals surface area contributed by atoms with Crippen LogP contribution in [0.15, 0.2) is 48.7 Å².